The smallest absolute Gasteiger partial charge is 0.135 e. The Labute approximate surface area is 161 Å². The van der Waals surface area contributed by atoms with Crippen molar-refractivity contribution in [2.45, 2.75) is 13.0 Å². The number of furan rings is 1. The molecule has 0 unspecified atom stereocenters. The van der Waals surface area contributed by atoms with Crippen LogP contribution < -0.4 is 10.1 Å². The van der Waals surface area contributed by atoms with Crippen LogP contribution in [0.25, 0.3) is 11.3 Å². The molecule has 3 nitrogen and oxygen atoms in total. The van der Waals surface area contributed by atoms with Crippen molar-refractivity contribution >= 4 is 27.5 Å². The second kappa shape index (κ2) is 8.56. The summed E-state index contributed by atoms with van der Waals surface area (Å²) in [6, 6.07) is 17.8. The number of rotatable bonds is 7. The molecule has 0 saturated heterocycles. The minimum Gasteiger partial charge on any atom is -0.496 e. The van der Waals surface area contributed by atoms with Crippen LogP contribution in [0, 0.1) is 0 Å². The summed E-state index contributed by atoms with van der Waals surface area (Å²) in [5, 5.41) is 4.07. The van der Waals surface area contributed by atoms with Crippen LogP contribution in [0.2, 0.25) is 5.02 Å². The maximum Gasteiger partial charge on any atom is 0.135 e. The Morgan fingerprint density at radius 3 is 2.76 bits per heavy atom. The Balaban J connectivity index is 1.55. The van der Waals surface area contributed by atoms with E-state index in [0.717, 1.165) is 40.3 Å². The Kier molecular flexibility index (Phi) is 6.19. The number of hydrogen-bond acceptors (Lipinski definition) is 3. The highest BCUT2D eigenvalue weighted by Crippen LogP contribution is 2.31. The van der Waals surface area contributed by atoms with E-state index in [1.54, 1.807) is 7.11 Å². The molecule has 0 spiro atoms. The number of hydrogen-bond donors (Lipinski definition) is 1. The van der Waals surface area contributed by atoms with Crippen molar-refractivity contribution in [2.24, 2.45) is 0 Å². The minimum absolute atomic E-state index is 0.666. The molecule has 0 aliphatic carbocycles. The van der Waals surface area contributed by atoms with Crippen LogP contribution in [0.1, 0.15) is 11.3 Å². The Morgan fingerprint density at radius 1 is 1.12 bits per heavy atom. The summed E-state index contributed by atoms with van der Waals surface area (Å²) in [6.45, 7) is 1.51. The summed E-state index contributed by atoms with van der Waals surface area (Å²) in [5.41, 5.74) is 2.09. The summed E-state index contributed by atoms with van der Waals surface area (Å²) >= 11 is 9.69. The van der Waals surface area contributed by atoms with Crippen LogP contribution in [-0.2, 0) is 13.0 Å². The topological polar surface area (TPSA) is 34.4 Å². The quantitative estimate of drug-likeness (QED) is 0.498. The van der Waals surface area contributed by atoms with Gasteiger partial charge in [0.1, 0.15) is 17.3 Å². The fourth-order valence-electron chi connectivity index (χ4n) is 2.65. The zero-order chi connectivity index (χ0) is 17.6. The third-order valence-corrected chi connectivity index (χ3v) is 4.73. The van der Waals surface area contributed by atoms with Crippen LogP contribution in [0.5, 0.6) is 5.75 Å². The average molecular weight is 421 g/mol. The Bertz CT molecular complexity index is 847. The summed E-state index contributed by atoms with van der Waals surface area (Å²) < 4.78 is 12.2. The minimum atomic E-state index is 0.666. The van der Waals surface area contributed by atoms with E-state index in [0.29, 0.717) is 11.6 Å². The Hall–Kier alpha value is -1.75. The van der Waals surface area contributed by atoms with Crippen molar-refractivity contribution < 1.29 is 9.15 Å². The van der Waals surface area contributed by atoms with Crippen molar-refractivity contribution in [3.05, 3.63) is 75.4 Å². The predicted octanol–water partition coefficient (Wildman–Crippen LogP) is 5.70. The number of ether oxygens (including phenoxy) is 1. The van der Waals surface area contributed by atoms with E-state index in [2.05, 4.69) is 27.3 Å². The number of para-hydroxylation sites is 1. The molecule has 0 amide bonds. The van der Waals surface area contributed by atoms with Crippen LogP contribution in [0.3, 0.4) is 0 Å². The van der Waals surface area contributed by atoms with Gasteiger partial charge in [-0.15, -0.1) is 0 Å². The summed E-state index contributed by atoms with van der Waals surface area (Å²) in [4.78, 5) is 0. The maximum atomic E-state index is 6.28. The molecule has 130 valence electrons. The molecule has 1 aromatic heterocycles. The first kappa shape index (κ1) is 18.1. The largest absolute Gasteiger partial charge is 0.496 e. The third kappa shape index (κ3) is 4.66. The van der Waals surface area contributed by atoms with Crippen molar-refractivity contribution in [3.8, 4) is 17.1 Å². The molecule has 0 bridgehead atoms. The molecule has 0 aliphatic heterocycles. The Morgan fingerprint density at radius 2 is 1.96 bits per heavy atom. The summed E-state index contributed by atoms with van der Waals surface area (Å²) in [6.07, 6.45) is 0.899. The van der Waals surface area contributed by atoms with Gasteiger partial charge in [-0.3, -0.25) is 0 Å². The molecule has 3 rings (SSSR count). The van der Waals surface area contributed by atoms with Gasteiger partial charge >= 0.3 is 0 Å². The molecule has 0 atom stereocenters. The second-order valence-corrected chi connectivity index (χ2v) is 6.95. The van der Waals surface area contributed by atoms with Crippen molar-refractivity contribution in [2.75, 3.05) is 13.7 Å². The van der Waals surface area contributed by atoms with Gasteiger partial charge in [-0.05, 0) is 54.9 Å². The normalized spacial score (nSPS) is 10.8. The van der Waals surface area contributed by atoms with Crippen molar-refractivity contribution in [1.82, 2.24) is 5.32 Å². The van der Waals surface area contributed by atoms with Gasteiger partial charge in [0, 0.05) is 10.0 Å². The molecule has 1 heterocycles. The lowest BCUT2D eigenvalue weighted by Crippen LogP contribution is -2.16. The van der Waals surface area contributed by atoms with Gasteiger partial charge in [0.2, 0.25) is 0 Å². The molecule has 0 saturated carbocycles. The van der Waals surface area contributed by atoms with E-state index in [-0.39, 0.29) is 0 Å². The van der Waals surface area contributed by atoms with Gasteiger partial charge in [-0.1, -0.05) is 45.7 Å². The fourth-order valence-corrected chi connectivity index (χ4v) is 3.42. The van der Waals surface area contributed by atoms with Gasteiger partial charge in [-0.25, -0.2) is 0 Å². The number of halogens is 2. The highest BCUT2D eigenvalue weighted by molar-refractivity contribution is 9.10. The lowest BCUT2D eigenvalue weighted by Gasteiger charge is -2.08. The van der Waals surface area contributed by atoms with Crippen molar-refractivity contribution in [3.63, 3.8) is 0 Å². The van der Waals surface area contributed by atoms with E-state index in [9.17, 15) is 0 Å². The molecule has 1 N–H and O–H groups in total. The first-order chi connectivity index (χ1) is 12.2. The first-order valence-electron chi connectivity index (χ1n) is 8.04. The van der Waals surface area contributed by atoms with E-state index in [1.807, 2.05) is 48.5 Å². The summed E-state index contributed by atoms with van der Waals surface area (Å²) in [7, 11) is 1.70. The van der Waals surface area contributed by atoms with E-state index in [4.69, 9.17) is 20.8 Å². The molecule has 5 heteroatoms. The van der Waals surface area contributed by atoms with Gasteiger partial charge < -0.3 is 14.5 Å². The SMILES string of the molecule is COc1ccccc1CCNCc1ccc(-c2ccc(Br)cc2Cl)o1. The number of benzene rings is 2. The third-order valence-electron chi connectivity index (χ3n) is 3.92. The fraction of sp³-hybridized carbons (Fsp3) is 0.200. The standard InChI is InChI=1S/C20H19BrClNO2/c1-24-19-5-3-2-4-14(19)10-11-23-13-16-7-9-20(25-16)17-8-6-15(21)12-18(17)22/h2-9,12,23H,10-11,13H2,1H3. The molecule has 0 fully saturated rings. The highest BCUT2D eigenvalue weighted by atomic mass is 79.9. The lowest BCUT2D eigenvalue weighted by atomic mass is 10.1. The predicted molar refractivity (Wildman–Crippen MR) is 105 cm³/mol. The maximum absolute atomic E-state index is 6.28. The molecule has 0 radical (unpaired) electrons. The van der Waals surface area contributed by atoms with Crippen LogP contribution in [0.4, 0.5) is 0 Å². The van der Waals surface area contributed by atoms with Crippen LogP contribution >= 0.6 is 27.5 Å². The second-order valence-electron chi connectivity index (χ2n) is 5.63. The van der Waals surface area contributed by atoms with Crippen LogP contribution in [0.15, 0.2) is 63.5 Å². The van der Waals surface area contributed by atoms with Gasteiger partial charge in [0.05, 0.1) is 18.7 Å². The zero-order valence-corrected chi connectivity index (χ0v) is 16.2. The van der Waals surface area contributed by atoms with Gasteiger partial charge in [0.25, 0.3) is 0 Å². The number of nitrogens with one attached hydrogen (secondary N) is 1. The lowest BCUT2D eigenvalue weighted by molar-refractivity contribution is 0.408. The molecule has 25 heavy (non-hydrogen) atoms. The van der Waals surface area contributed by atoms with E-state index < -0.39 is 0 Å². The van der Waals surface area contributed by atoms with E-state index >= 15 is 0 Å². The molecule has 0 aliphatic rings. The van der Waals surface area contributed by atoms with Gasteiger partial charge in [0.15, 0.2) is 0 Å². The molecular formula is C20H19BrClNO2. The highest BCUT2D eigenvalue weighted by Gasteiger charge is 2.09. The van der Waals surface area contributed by atoms with Gasteiger partial charge in [-0.2, -0.15) is 0 Å². The monoisotopic (exact) mass is 419 g/mol. The molecule has 2 aromatic carbocycles. The molecular weight excluding hydrogens is 402 g/mol. The average Bonchev–Trinajstić information content (AvgIpc) is 3.07. The number of methoxy groups -OCH3 is 1. The summed E-state index contributed by atoms with van der Waals surface area (Å²) in [5.74, 6) is 2.59. The van der Waals surface area contributed by atoms with Crippen LogP contribution in [-0.4, -0.2) is 13.7 Å². The zero-order valence-electron chi connectivity index (χ0n) is 13.9. The molecule has 3 aromatic rings. The van der Waals surface area contributed by atoms with E-state index in [1.165, 1.54) is 5.56 Å². The van der Waals surface area contributed by atoms with Crippen molar-refractivity contribution in [1.29, 1.82) is 0 Å². The first-order valence-corrected chi connectivity index (χ1v) is 9.21.